The van der Waals surface area contributed by atoms with Crippen LogP contribution < -0.4 is 5.32 Å². The van der Waals surface area contributed by atoms with Crippen molar-refractivity contribution in [2.45, 2.75) is 12.8 Å². The Morgan fingerprint density at radius 2 is 2.11 bits per heavy atom. The number of imide groups is 2. The van der Waals surface area contributed by atoms with Crippen molar-refractivity contribution in [3.05, 3.63) is 48.1 Å². The maximum Gasteiger partial charge on any atom is 0.331 e. The number of amides is 4. The Balaban J connectivity index is 2.30. The van der Waals surface area contributed by atoms with Gasteiger partial charge in [0.25, 0.3) is 11.8 Å². The lowest BCUT2D eigenvalue weighted by molar-refractivity contribution is -0.129. The number of urea groups is 1. The fraction of sp³-hybridized carbons (Fsp3) is 0.214. The molecule has 2 rings (SSSR count). The Hall–Kier alpha value is -2.43. The van der Waals surface area contributed by atoms with Crippen molar-refractivity contribution >= 4 is 17.8 Å². The van der Waals surface area contributed by atoms with E-state index in [-0.39, 0.29) is 12.1 Å². The minimum atomic E-state index is -0.708. The molecule has 19 heavy (non-hydrogen) atoms. The molecule has 0 atom stereocenters. The summed E-state index contributed by atoms with van der Waals surface area (Å²) in [5.41, 5.74) is 0.775. The zero-order valence-corrected chi connectivity index (χ0v) is 10.4. The maximum atomic E-state index is 12.1. The van der Waals surface area contributed by atoms with Crippen LogP contribution in [0.25, 0.3) is 0 Å². The van der Waals surface area contributed by atoms with Crippen LogP contribution in [0, 0.1) is 0 Å². The summed E-state index contributed by atoms with van der Waals surface area (Å²) < 4.78 is 0. The minimum absolute atomic E-state index is 0.0285. The molecule has 1 fully saturated rings. The Bertz CT molecular complexity index is 541. The highest BCUT2D eigenvalue weighted by atomic mass is 16.2. The zero-order valence-electron chi connectivity index (χ0n) is 10.4. The molecule has 0 aromatic heterocycles. The standard InChI is InChI=1S/C14H14N2O3/c1-2-8-16-13(18)11(12(17)15-14(16)19)9-10-6-4-3-5-7-10/h2,4,6-7,9H,1,3,5,8H2,(H,15,17,19)/b11-9+. The zero-order chi connectivity index (χ0) is 13.8. The molecule has 0 bridgehead atoms. The molecule has 1 aliphatic heterocycles. The molecule has 1 aliphatic carbocycles. The minimum Gasteiger partial charge on any atom is -0.273 e. The Morgan fingerprint density at radius 1 is 1.32 bits per heavy atom. The second kappa shape index (κ2) is 5.48. The number of carbonyl (C=O) groups is 3. The molecule has 2 aliphatic rings. The van der Waals surface area contributed by atoms with E-state index in [4.69, 9.17) is 0 Å². The summed E-state index contributed by atoms with van der Waals surface area (Å²) in [7, 11) is 0. The summed E-state index contributed by atoms with van der Waals surface area (Å²) in [4.78, 5) is 36.3. The maximum absolute atomic E-state index is 12.1. The van der Waals surface area contributed by atoms with Crippen LogP contribution in [0.5, 0.6) is 0 Å². The van der Waals surface area contributed by atoms with Crippen molar-refractivity contribution in [1.82, 2.24) is 10.2 Å². The van der Waals surface area contributed by atoms with E-state index in [1.165, 1.54) is 12.2 Å². The molecule has 0 spiro atoms. The van der Waals surface area contributed by atoms with E-state index in [1.807, 2.05) is 18.2 Å². The monoisotopic (exact) mass is 258 g/mol. The first-order valence-corrected chi connectivity index (χ1v) is 6.00. The van der Waals surface area contributed by atoms with Crippen molar-refractivity contribution < 1.29 is 14.4 Å². The third-order valence-electron chi connectivity index (χ3n) is 2.83. The van der Waals surface area contributed by atoms with Crippen LogP contribution in [0.4, 0.5) is 4.79 Å². The van der Waals surface area contributed by atoms with Gasteiger partial charge in [-0.05, 0) is 24.5 Å². The molecule has 98 valence electrons. The molecular weight excluding hydrogens is 244 g/mol. The van der Waals surface area contributed by atoms with Gasteiger partial charge in [-0.3, -0.25) is 19.8 Å². The first-order chi connectivity index (χ1) is 9.13. The average molecular weight is 258 g/mol. The summed E-state index contributed by atoms with van der Waals surface area (Å²) in [5.74, 6) is -1.25. The summed E-state index contributed by atoms with van der Waals surface area (Å²) in [6, 6.07) is -0.708. The van der Waals surface area contributed by atoms with E-state index < -0.39 is 17.8 Å². The van der Waals surface area contributed by atoms with Crippen LogP contribution >= 0.6 is 0 Å². The molecule has 5 nitrogen and oxygen atoms in total. The normalized spacial score (nSPS) is 21.5. The Kier molecular flexibility index (Phi) is 3.75. The predicted molar refractivity (Wildman–Crippen MR) is 70.0 cm³/mol. The molecule has 1 saturated heterocycles. The van der Waals surface area contributed by atoms with Crippen molar-refractivity contribution in [2.24, 2.45) is 0 Å². The van der Waals surface area contributed by atoms with E-state index in [2.05, 4.69) is 11.9 Å². The first-order valence-electron chi connectivity index (χ1n) is 6.00. The number of allylic oxidation sites excluding steroid dienone is 5. The summed E-state index contributed by atoms with van der Waals surface area (Å²) in [6.07, 6.45) is 10.5. The fourth-order valence-corrected chi connectivity index (χ4v) is 1.90. The van der Waals surface area contributed by atoms with Crippen molar-refractivity contribution in [3.8, 4) is 0 Å². The van der Waals surface area contributed by atoms with Gasteiger partial charge >= 0.3 is 6.03 Å². The largest absolute Gasteiger partial charge is 0.331 e. The van der Waals surface area contributed by atoms with Gasteiger partial charge in [0.2, 0.25) is 0 Å². The highest BCUT2D eigenvalue weighted by molar-refractivity contribution is 6.29. The quantitative estimate of drug-likeness (QED) is 0.473. The van der Waals surface area contributed by atoms with Gasteiger partial charge in [-0.25, -0.2) is 4.79 Å². The fourth-order valence-electron chi connectivity index (χ4n) is 1.90. The highest BCUT2D eigenvalue weighted by Gasteiger charge is 2.34. The van der Waals surface area contributed by atoms with Crippen LogP contribution in [0.3, 0.4) is 0 Å². The van der Waals surface area contributed by atoms with Gasteiger partial charge in [-0.15, -0.1) is 6.58 Å². The van der Waals surface area contributed by atoms with Gasteiger partial charge < -0.3 is 0 Å². The molecule has 1 N–H and O–H groups in total. The topological polar surface area (TPSA) is 66.5 Å². The molecule has 0 radical (unpaired) electrons. The number of hydrogen-bond donors (Lipinski definition) is 1. The van der Waals surface area contributed by atoms with E-state index >= 15 is 0 Å². The number of carbonyl (C=O) groups excluding carboxylic acids is 3. The SMILES string of the molecule is C=CCN1C(=O)NC(=O)/C(=C\C2=CCCC=C2)C1=O. The second-order valence-electron chi connectivity index (χ2n) is 4.21. The van der Waals surface area contributed by atoms with E-state index in [0.717, 1.165) is 23.3 Å². The lowest BCUT2D eigenvalue weighted by Crippen LogP contribution is -2.54. The summed E-state index contributed by atoms with van der Waals surface area (Å²) >= 11 is 0. The smallest absolute Gasteiger partial charge is 0.273 e. The molecule has 0 aromatic rings. The molecular formula is C14H14N2O3. The number of nitrogens with zero attached hydrogens (tertiary/aromatic N) is 1. The molecule has 1 heterocycles. The van der Waals surface area contributed by atoms with Gasteiger partial charge in [0.15, 0.2) is 0 Å². The van der Waals surface area contributed by atoms with Crippen LogP contribution in [-0.4, -0.2) is 29.3 Å². The van der Waals surface area contributed by atoms with E-state index in [0.29, 0.717) is 0 Å². The number of nitrogens with one attached hydrogen (secondary N) is 1. The summed E-state index contributed by atoms with van der Waals surface area (Å²) in [5, 5.41) is 2.14. The predicted octanol–water partition coefficient (Wildman–Crippen LogP) is 1.45. The molecule has 0 unspecified atom stereocenters. The van der Waals surface area contributed by atoms with Gasteiger partial charge in [0, 0.05) is 6.54 Å². The van der Waals surface area contributed by atoms with Crippen LogP contribution in [0.15, 0.2) is 48.1 Å². The van der Waals surface area contributed by atoms with Crippen molar-refractivity contribution in [3.63, 3.8) is 0 Å². The van der Waals surface area contributed by atoms with Gasteiger partial charge in [0.1, 0.15) is 5.57 Å². The van der Waals surface area contributed by atoms with Crippen LogP contribution in [0.2, 0.25) is 0 Å². The first kappa shape index (κ1) is 13.0. The van der Waals surface area contributed by atoms with Gasteiger partial charge in [-0.1, -0.05) is 24.3 Å². The molecule has 0 aromatic carbocycles. The van der Waals surface area contributed by atoms with E-state index in [1.54, 1.807) is 0 Å². The number of hydrogen-bond acceptors (Lipinski definition) is 3. The van der Waals surface area contributed by atoms with Gasteiger partial charge in [0.05, 0.1) is 0 Å². The van der Waals surface area contributed by atoms with Crippen LogP contribution in [-0.2, 0) is 9.59 Å². The average Bonchev–Trinajstić information content (AvgIpc) is 2.41. The van der Waals surface area contributed by atoms with Crippen LogP contribution in [0.1, 0.15) is 12.8 Å². The lowest BCUT2D eigenvalue weighted by Gasteiger charge is -2.25. The molecule has 5 heteroatoms. The van der Waals surface area contributed by atoms with Crippen molar-refractivity contribution in [2.75, 3.05) is 6.54 Å². The van der Waals surface area contributed by atoms with Crippen molar-refractivity contribution in [1.29, 1.82) is 0 Å². The Labute approximate surface area is 111 Å². The molecule has 0 saturated carbocycles. The number of barbiturate groups is 1. The second-order valence-corrected chi connectivity index (χ2v) is 4.21. The molecule has 4 amide bonds. The summed E-state index contributed by atoms with van der Waals surface area (Å²) in [6.45, 7) is 3.56. The van der Waals surface area contributed by atoms with E-state index in [9.17, 15) is 14.4 Å². The van der Waals surface area contributed by atoms with Gasteiger partial charge in [-0.2, -0.15) is 0 Å². The third kappa shape index (κ3) is 2.70. The highest BCUT2D eigenvalue weighted by Crippen LogP contribution is 2.16. The lowest BCUT2D eigenvalue weighted by atomic mass is 10.0. The number of rotatable bonds is 3. The third-order valence-corrected chi connectivity index (χ3v) is 2.83. The Morgan fingerprint density at radius 3 is 2.74 bits per heavy atom.